The zero-order valence-electron chi connectivity index (χ0n) is 18.4. The van der Waals surface area contributed by atoms with Gasteiger partial charge >= 0.3 is 12.5 Å². The maximum Gasteiger partial charge on any atom is 0.522 e. The van der Waals surface area contributed by atoms with Crippen molar-refractivity contribution in [2.75, 3.05) is 11.9 Å². The van der Waals surface area contributed by atoms with Crippen LogP contribution in [0.1, 0.15) is 55.2 Å². The molecule has 3 heterocycles. The highest BCUT2D eigenvalue weighted by Gasteiger charge is 2.32. The number of anilines is 1. The number of rotatable bonds is 6. The molecule has 33 heavy (non-hydrogen) atoms. The van der Waals surface area contributed by atoms with E-state index in [4.69, 9.17) is 9.47 Å². The fraction of sp³-hybridized carbons (Fsp3) is 0.579. The fourth-order valence-electron chi connectivity index (χ4n) is 3.10. The number of aromatic amines is 1. The zero-order chi connectivity index (χ0) is 24.4. The summed E-state index contributed by atoms with van der Waals surface area (Å²) in [6, 6.07) is 2.75. The standard InChI is InChI=1S/C19H25F3N6O5/c1-18(2,3)24-17(30)33-11-6-14(31-9-11)12-7-15(26-25-12)23-16(29)13-5-10(27-28(13)4)8-32-19(20,21)22/h5,7,11,14H,6,8-9H2,1-4H3,(H,24,30)(H2,23,25,26,29). The summed E-state index contributed by atoms with van der Waals surface area (Å²) in [5.74, 6) is -0.434. The summed E-state index contributed by atoms with van der Waals surface area (Å²) in [7, 11) is 1.42. The van der Waals surface area contributed by atoms with Crippen LogP contribution in [0.5, 0.6) is 0 Å². The average molecular weight is 474 g/mol. The molecule has 3 rings (SSSR count). The molecule has 1 saturated heterocycles. The summed E-state index contributed by atoms with van der Waals surface area (Å²) < 4.78 is 52.4. The predicted octanol–water partition coefficient (Wildman–Crippen LogP) is 2.79. The van der Waals surface area contributed by atoms with E-state index < -0.39 is 42.7 Å². The van der Waals surface area contributed by atoms with E-state index in [1.165, 1.54) is 13.1 Å². The summed E-state index contributed by atoms with van der Waals surface area (Å²) in [6.07, 6.45) is -5.79. The Kier molecular flexibility index (Phi) is 6.97. The molecule has 3 N–H and O–H groups in total. The van der Waals surface area contributed by atoms with Gasteiger partial charge in [0.25, 0.3) is 5.91 Å². The van der Waals surface area contributed by atoms with Crippen LogP contribution in [0.25, 0.3) is 0 Å². The van der Waals surface area contributed by atoms with E-state index in [0.717, 1.165) is 4.68 Å². The molecule has 182 valence electrons. The van der Waals surface area contributed by atoms with Gasteiger partial charge < -0.3 is 20.1 Å². The molecule has 1 fully saturated rings. The van der Waals surface area contributed by atoms with Crippen molar-refractivity contribution in [1.29, 1.82) is 0 Å². The van der Waals surface area contributed by atoms with Crippen LogP contribution < -0.4 is 10.6 Å². The van der Waals surface area contributed by atoms with Gasteiger partial charge in [-0.25, -0.2) is 4.79 Å². The van der Waals surface area contributed by atoms with Gasteiger partial charge in [-0.05, 0) is 26.8 Å². The minimum Gasteiger partial charge on any atom is -0.444 e. The van der Waals surface area contributed by atoms with Crippen LogP contribution in [0.15, 0.2) is 12.1 Å². The summed E-state index contributed by atoms with van der Waals surface area (Å²) in [5, 5.41) is 15.9. The topological polar surface area (TPSA) is 132 Å². The summed E-state index contributed by atoms with van der Waals surface area (Å²) in [6.45, 7) is 4.91. The number of H-pyrrole nitrogens is 1. The number of aromatic nitrogens is 4. The number of alkyl carbamates (subject to hydrolysis) is 1. The van der Waals surface area contributed by atoms with Crippen LogP contribution in [-0.2, 0) is 27.9 Å². The first-order valence-corrected chi connectivity index (χ1v) is 10.00. The van der Waals surface area contributed by atoms with E-state index in [-0.39, 0.29) is 23.8 Å². The van der Waals surface area contributed by atoms with E-state index in [0.29, 0.717) is 12.1 Å². The number of aryl methyl sites for hydroxylation is 1. The van der Waals surface area contributed by atoms with E-state index in [2.05, 4.69) is 30.7 Å². The molecule has 0 saturated carbocycles. The van der Waals surface area contributed by atoms with E-state index in [1.54, 1.807) is 6.07 Å². The Labute approximate surface area is 186 Å². The first-order chi connectivity index (χ1) is 15.3. The molecule has 1 aliphatic rings. The van der Waals surface area contributed by atoms with E-state index >= 15 is 0 Å². The van der Waals surface area contributed by atoms with Gasteiger partial charge in [0.1, 0.15) is 24.5 Å². The molecule has 2 aromatic heterocycles. The van der Waals surface area contributed by atoms with Crippen LogP contribution in [-0.4, -0.2) is 56.6 Å². The minimum atomic E-state index is -4.80. The van der Waals surface area contributed by atoms with Crippen molar-refractivity contribution in [3.05, 3.63) is 29.2 Å². The molecule has 0 aromatic carbocycles. The molecule has 2 aromatic rings. The number of alkyl halides is 3. The summed E-state index contributed by atoms with van der Waals surface area (Å²) in [5.41, 5.74) is 0.114. The Morgan fingerprint density at radius 1 is 1.30 bits per heavy atom. The lowest BCUT2D eigenvalue weighted by molar-refractivity contribution is -0.330. The third-order valence-corrected chi connectivity index (χ3v) is 4.44. The van der Waals surface area contributed by atoms with E-state index in [1.807, 2.05) is 20.8 Å². The minimum absolute atomic E-state index is 0.0239. The van der Waals surface area contributed by atoms with Crippen LogP contribution in [0.2, 0.25) is 0 Å². The van der Waals surface area contributed by atoms with Crippen molar-refractivity contribution >= 4 is 17.8 Å². The van der Waals surface area contributed by atoms with Gasteiger partial charge in [0.2, 0.25) is 0 Å². The third-order valence-electron chi connectivity index (χ3n) is 4.44. The zero-order valence-corrected chi connectivity index (χ0v) is 18.4. The number of hydrogen-bond donors (Lipinski definition) is 3. The quantitative estimate of drug-likeness (QED) is 0.586. The van der Waals surface area contributed by atoms with Gasteiger partial charge in [-0.15, -0.1) is 13.2 Å². The second kappa shape index (κ2) is 9.39. The number of carbonyl (C=O) groups excluding carboxylic acids is 2. The van der Waals surface area contributed by atoms with Crippen LogP contribution in [0.4, 0.5) is 23.8 Å². The van der Waals surface area contributed by atoms with Gasteiger partial charge in [-0.3, -0.25) is 19.3 Å². The normalized spacial score (nSPS) is 18.9. The maximum absolute atomic E-state index is 12.5. The molecule has 2 unspecified atom stereocenters. The largest absolute Gasteiger partial charge is 0.522 e. The number of nitrogens with one attached hydrogen (secondary N) is 3. The maximum atomic E-state index is 12.5. The summed E-state index contributed by atoms with van der Waals surface area (Å²) in [4.78, 5) is 24.4. The van der Waals surface area contributed by atoms with E-state index in [9.17, 15) is 22.8 Å². The van der Waals surface area contributed by atoms with Gasteiger partial charge in [-0.1, -0.05) is 0 Å². The van der Waals surface area contributed by atoms with Crippen LogP contribution in [0.3, 0.4) is 0 Å². The van der Waals surface area contributed by atoms with Crippen molar-refractivity contribution in [3.8, 4) is 0 Å². The van der Waals surface area contributed by atoms with Crippen molar-refractivity contribution in [1.82, 2.24) is 25.3 Å². The third kappa shape index (κ3) is 7.18. The highest BCUT2D eigenvalue weighted by molar-refractivity contribution is 6.02. The molecule has 14 heteroatoms. The fourth-order valence-corrected chi connectivity index (χ4v) is 3.10. The number of carbonyl (C=O) groups is 2. The molecule has 0 radical (unpaired) electrons. The highest BCUT2D eigenvalue weighted by Crippen LogP contribution is 2.30. The first-order valence-electron chi connectivity index (χ1n) is 10.00. The highest BCUT2D eigenvalue weighted by atomic mass is 19.4. The Balaban J connectivity index is 1.54. The number of ether oxygens (including phenoxy) is 3. The molecule has 0 spiro atoms. The lowest BCUT2D eigenvalue weighted by Crippen LogP contribution is -2.42. The molecular formula is C19H25F3N6O5. The lowest BCUT2D eigenvalue weighted by Gasteiger charge is -2.21. The first kappa shape index (κ1) is 24.5. The summed E-state index contributed by atoms with van der Waals surface area (Å²) >= 11 is 0. The van der Waals surface area contributed by atoms with Gasteiger partial charge in [-0.2, -0.15) is 10.2 Å². The molecule has 1 aliphatic heterocycles. The molecule has 2 amide bonds. The van der Waals surface area contributed by atoms with Gasteiger partial charge in [0.05, 0.1) is 18.0 Å². The van der Waals surface area contributed by atoms with Crippen molar-refractivity contribution in [2.45, 2.75) is 57.9 Å². The number of hydrogen-bond acceptors (Lipinski definition) is 7. The predicted molar refractivity (Wildman–Crippen MR) is 107 cm³/mol. The SMILES string of the molecule is Cn1nc(COC(F)(F)F)cc1C(=O)Nc1cc(C2CC(OC(=O)NC(C)(C)C)CO2)[nH]n1. The molecule has 11 nitrogen and oxygen atoms in total. The molecular weight excluding hydrogens is 449 g/mol. The van der Waals surface area contributed by atoms with Crippen LogP contribution >= 0.6 is 0 Å². The van der Waals surface area contributed by atoms with Crippen molar-refractivity contribution in [2.24, 2.45) is 7.05 Å². The van der Waals surface area contributed by atoms with Crippen molar-refractivity contribution in [3.63, 3.8) is 0 Å². The second-order valence-electron chi connectivity index (χ2n) is 8.50. The van der Waals surface area contributed by atoms with Crippen molar-refractivity contribution < 1.29 is 37.0 Å². The molecule has 0 bridgehead atoms. The van der Waals surface area contributed by atoms with Crippen LogP contribution in [0, 0.1) is 0 Å². The molecule has 2 atom stereocenters. The second-order valence-corrected chi connectivity index (χ2v) is 8.50. The Hall–Kier alpha value is -3.13. The van der Waals surface area contributed by atoms with Gasteiger partial charge in [0.15, 0.2) is 5.82 Å². The lowest BCUT2D eigenvalue weighted by atomic mass is 10.1. The Bertz CT molecular complexity index is 997. The Morgan fingerprint density at radius 2 is 2.03 bits per heavy atom. The number of amides is 2. The Morgan fingerprint density at radius 3 is 2.70 bits per heavy atom. The molecule has 0 aliphatic carbocycles. The monoisotopic (exact) mass is 474 g/mol. The number of nitrogens with zero attached hydrogens (tertiary/aromatic N) is 3. The number of halogens is 3. The smallest absolute Gasteiger partial charge is 0.444 e. The van der Waals surface area contributed by atoms with Gasteiger partial charge in [0, 0.05) is 25.1 Å². The average Bonchev–Trinajstić information content (AvgIpc) is 3.37.